The number of carbonyl (C=O) groups is 3. The van der Waals surface area contributed by atoms with Crippen LogP contribution in [0.3, 0.4) is 0 Å². The number of aromatic hydroxyl groups is 1. The highest BCUT2D eigenvalue weighted by Crippen LogP contribution is 2.45. The third-order valence-corrected chi connectivity index (χ3v) is 5.98. The second kappa shape index (κ2) is 10.7. The number of hydrogen-bond donors (Lipinski definition) is 2. The molecule has 2 aliphatic rings. The minimum absolute atomic E-state index is 0.00710. The van der Waals surface area contributed by atoms with Crippen molar-refractivity contribution < 1.29 is 33.7 Å². The van der Waals surface area contributed by atoms with Gasteiger partial charge in [-0.2, -0.15) is 0 Å². The van der Waals surface area contributed by atoms with E-state index in [1.54, 1.807) is 19.1 Å². The molecule has 0 fully saturated rings. The maximum Gasteiger partial charge on any atom is 0.336 e. The molecule has 0 unspecified atom stereocenters. The Morgan fingerprint density at radius 3 is 2.64 bits per heavy atom. The van der Waals surface area contributed by atoms with Crippen LogP contribution in [-0.2, 0) is 28.6 Å². The molecule has 0 bridgehead atoms. The lowest BCUT2D eigenvalue weighted by Gasteiger charge is -2.38. The van der Waals surface area contributed by atoms with Crippen LogP contribution < -0.4 is 5.32 Å². The van der Waals surface area contributed by atoms with Gasteiger partial charge in [0.2, 0.25) is 0 Å². The highest BCUT2D eigenvalue weighted by Gasteiger charge is 2.47. The quantitative estimate of drug-likeness (QED) is 0.348. The van der Waals surface area contributed by atoms with Crippen LogP contribution in [0.15, 0.2) is 46.8 Å². The van der Waals surface area contributed by atoms with E-state index in [1.807, 2.05) is 13.8 Å². The molecule has 1 heterocycles. The lowest BCUT2D eigenvalue weighted by Crippen LogP contribution is -2.43. The highest BCUT2D eigenvalue weighted by molar-refractivity contribution is 6.12. The minimum atomic E-state index is -0.964. The highest BCUT2D eigenvalue weighted by atomic mass is 16.6. The summed E-state index contributed by atoms with van der Waals surface area (Å²) in [6, 6.07) is 6.42. The number of benzene rings is 1. The topological polar surface area (TPSA) is 111 Å². The molecule has 1 aliphatic heterocycles. The van der Waals surface area contributed by atoms with Crippen LogP contribution in [0.2, 0.25) is 0 Å². The zero-order valence-electron chi connectivity index (χ0n) is 19.5. The largest absolute Gasteiger partial charge is 0.508 e. The average Bonchev–Trinajstić information content (AvgIpc) is 2.77. The van der Waals surface area contributed by atoms with E-state index in [0.717, 1.165) is 6.42 Å². The van der Waals surface area contributed by atoms with E-state index in [0.29, 0.717) is 35.6 Å². The number of allylic oxidation sites excluding steroid dienone is 3. The van der Waals surface area contributed by atoms with E-state index in [1.165, 1.54) is 19.2 Å². The standard InChI is InChI=1S/C25H31NO7/c1-5-9-32-10-11-33-25(30)20-15(3)26-18-12-14(2)19(24(29)31-4)23(28)22(18)21(20)16-7-6-8-17(27)13-16/h6-8,13-14,19,21,26-27H,5,9-12H2,1-4H3/t14-,19+,21+/m0/s1. The molecule has 3 rings (SSSR count). The number of carbonyl (C=O) groups excluding carboxylic acids is 3. The van der Waals surface area contributed by atoms with E-state index >= 15 is 0 Å². The summed E-state index contributed by atoms with van der Waals surface area (Å²) < 4.78 is 15.7. The molecule has 0 saturated carbocycles. The zero-order chi connectivity index (χ0) is 24.1. The van der Waals surface area contributed by atoms with Gasteiger partial charge in [0.1, 0.15) is 18.3 Å². The molecule has 3 atom stereocenters. The lowest BCUT2D eigenvalue weighted by atomic mass is 9.69. The summed E-state index contributed by atoms with van der Waals surface area (Å²) in [7, 11) is 1.26. The fourth-order valence-corrected chi connectivity index (χ4v) is 4.51. The Balaban J connectivity index is 2.02. The average molecular weight is 458 g/mol. The number of methoxy groups -OCH3 is 1. The number of hydrogen-bond acceptors (Lipinski definition) is 8. The van der Waals surface area contributed by atoms with Crippen LogP contribution in [0.5, 0.6) is 5.75 Å². The third kappa shape index (κ3) is 5.11. The first kappa shape index (κ1) is 24.5. The van der Waals surface area contributed by atoms with Gasteiger partial charge in [0, 0.05) is 29.5 Å². The number of esters is 2. The van der Waals surface area contributed by atoms with Crippen LogP contribution >= 0.6 is 0 Å². The Hall–Kier alpha value is -3.13. The summed E-state index contributed by atoms with van der Waals surface area (Å²) in [4.78, 5) is 39.2. The summed E-state index contributed by atoms with van der Waals surface area (Å²) >= 11 is 0. The van der Waals surface area contributed by atoms with Gasteiger partial charge >= 0.3 is 11.9 Å². The number of phenolic OH excluding ortho intramolecular Hbond substituents is 1. The van der Waals surface area contributed by atoms with Gasteiger partial charge < -0.3 is 24.6 Å². The third-order valence-electron chi connectivity index (χ3n) is 5.98. The Labute approximate surface area is 193 Å². The summed E-state index contributed by atoms with van der Waals surface area (Å²) in [5.74, 6) is -3.58. The fourth-order valence-electron chi connectivity index (χ4n) is 4.51. The summed E-state index contributed by atoms with van der Waals surface area (Å²) in [5, 5.41) is 13.3. The predicted molar refractivity (Wildman–Crippen MR) is 120 cm³/mol. The number of ether oxygens (including phenoxy) is 3. The van der Waals surface area contributed by atoms with Crippen molar-refractivity contribution in [2.75, 3.05) is 26.9 Å². The van der Waals surface area contributed by atoms with Crippen LogP contribution in [0.4, 0.5) is 0 Å². The second-order valence-electron chi connectivity index (χ2n) is 8.38. The first-order chi connectivity index (χ1) is 15.8. The van der Waals surface area contributed by atoms with Crippen molar-refractivity contribution in [1.82, 2.24) is 5.32 Å². The van der Waals surface area contributed by atoms with Gasteiger partial charge in [0.25, 0.3) is 0 Å². The van der Waals surface area contributed by atoms with E-state index < -0.39 is 23.8 Å². The maximum atomic E-state index is 13.6. The molecule has 0 radical (unpaired) electrons. The molecule has 1 aliphatic carbocycles. The Morgan fingerprint density at radius 1 is 1.21 bits per heavy atom. The first-order valence-corrected chi connectivity index (χ1v) is 11.2. The summed E-state index contributed by atoms with van der Waals surface area (Å²) in [6.45, 7) is 6.49. The molecule has 0 amide bonds. The van der Waals surface area contributed by atoms with Crippen molar-refractivity contribution >= 4 is 17.7 Å². The van der Waals surface area contributed by atoms with Crippen LogP contribution in [-0.4, -0.2) is 49.8 Å². The monoisotopic (exact) mass is 457 g/mol. The van der Waals surface area contributed by atoms with Gasteiger partial charge in [-0.05, 0) is 43.4 Å². The minimum Gasteiger partial charge on any atom is -0.508 e. The number of phenols is 1. The Kier molecular flexibility index (Phi) is 7.92. The molecule has 33 heavy (non-hydrogen) atoms. The molecule has 0 spiro atoms. The number of ketones is 1. The Morgan fingerprint density at radius 2 is 1.97 bits per heavy atom. The van der Waals surface area contributed by atoms with Crippen molar-refractivity contribution in [1.29, 1.82) is 0 Å². The SMILES string of the molecule is CCCOCCOC(=O)C1=C(C)NC2=C(C(=O)[C@H](C(=O)OC)[C@@H](C)C2)[C@@H]1c1cccc(O)c1. The molecule has 178 valence electrons. The van der Waals surface area contributed by atoms with Gasteiger partial charge in [-0.25, -0.2) is 4.79 Å². The molecule has 8 heteroatoms. The van der Waals surface area contributed by atoms with Gasteiger partial charge in [-0.3, -0.25) is 9.59 Å². The number of nitrogens with one attached hydrogen (secondary N) is 1. The van der Waals surface area contributed by atoms with Gasteiger partial charge in [0.05, 0.1) is 19.3 Å². The Bertz CT molecular complexity index is 994. The summed E-state index contributed by atoms with van der Waals surface area (Å²) in [6.07, 6.45) is 1.31. The number of dihydropyridines is 1. The molecule has 0 aromatic heterocycles. The van der Waals surface area contributed by atoms with Crippen LogP contribution in [0.25, 0.3) is 0 Å². The smallest absolute Gasteiger partial charge is 0.336 e. The molecule has 1 aromatic carbocycles. The normalized spacial score (nSPS) is 22.5. The second-order valence-corrected chi connectivity index (χ2v) is 8.38. The van der Waals surface area contributed by atoms with Crippen molar-refractivity contribution in [3.05, 3.63) is 52.4 Å². The van der Waals surface area contributed by atoms with Crippen molar-refractivity contribution in [2.45, 2.75) is 39.5 Å². The molecular formula is C25H31NO7. The van der Waals surface area contributed by atoms with E-state index in [4.69, 9.17) is 14.2 Å². The maximum absolute atomic E-state index is 13.6. The molecular weight excluding hydrogens is 426 g/mol. The molecule has 8 nitrogen and oxygen atoms in total. The van der Waals surface area contributed by atoms with Crippen molar-refractivity contribution in [3.63, 3.8) is 0 Å². The number of rotatable bonds is 8. The van der Waals surface area contributed by atoms with E-state index in [9.17, 15) is 19.5 Å². The van der Waals surface area contributed by atoms with E-state index in [2.05, 4.69) is 5.32 Å². The number of Topliss-reactive ketones (excluding diaryl/α,β-unsaturated/α-hetero) is 1. The zero-order valence-corrected chi connectivity index (χ0v) is 19.5. The van der Waals surface area contributed by atoms with Crippen molar-refractivity contribution in [2.24, 2.45) is 11.8 Å². The predicted octanol–water partition coefficient (Wildman–Crippen LogP) is 2.98. The van der Waals surface area contributed by atoms with E-state index in [-0.39, 0.29) is 36.2 Å². The molecule has 1 aromatic rings. The lowest BCUT2D eigenvalue weighted by molar-refractivity contribution is -0.151. The van der Waals surface area contributed by atoms with Gasteiger partial charge in [-0.15, -0.1) is 0 Å². The molecule has 2 N–H and O–H groups in total. The van der Waals surface area contributed by atoms with Crippen LogP contribution in [0, 0.1) is 11.8 Å². The first-order valence-electron chi connectivity index (χ1n) is 11.2. The van der Waals surface area contributed by atoms with Gasteiger partial charge in [0.15, 0.2) is 5.78 Å². The van der Waals surface area contributed by atoms with Crippen LogP contribution in [0.1, 0.15) is 45.1 Å². The fraction of sp³-hybridized carbons (Fsp3) is 0.480. The summed E-state index contributed by atoms with van der Waals surface area (Å²) in [5.41, 5.74) is 2.39. The van der Waals surface area contributed by atoms with Gasteiger partial charge in [-0.1, -0.05) is 26.0 Å². The molecule has 0 saturated heterocycles. The van der Waals surface area contributed by atoms with Crippen molar-refractivity contribution in [3.8, 4) is 5.75 Å².